The second-order valence-corrected chi connectivity index (χ2v) is 4.60. The van der Waals surface area contributed by atoms with Gasteiger partial charge in [-0.25, -0.2) is 0 Å². The monoisotopic (exact) mass is 315 g/mol. The number of rotatable bonds is 7. The molecule has 2 aromatic carbocycles. The lowest BCUT2D eigenvalue weighted by atomic mass is 10.2. The molecule has 0 amide bonds. The highest BCUT2D eigenvalue weighted by atomic mass is 16.6. The second-order valence-electron chi connectivity index (χ2n) is 4.60. The highest BCUT2D eigenvalue weighted by Crippen LogP contribution is 2.27. The first-order chi connectivity index (χ1) is 11.2. The summed E-state index contributed by atoms with van der Waals surface area (Å²) in [5.74, 6) is 1.29. The minimum absolute atomic E-state index is 0.0177. The Morgan fingerprint density at radius 2 is 1.91 bits per heavy atom. The van der Waals surface area contributed by atoms with Crippen LogP contribution in [0.25, 0.3) is 0 Å². The molecule has 2 aromatic rings. The smallest absolute Gasteiger partial charge is 0.278 e. The molecule has 0 fully saturated rings. The summed E-state index contributed by atoms with van der Waals surface area (Å²) in [6.45, 7) is 0.456. The summed E-state index contributed by atoms with van der Waals surface area (Å²) in [5, 5.41) is 14.9. The van der Waals surface area contributed by atoms with E-state index in [-0.39, 0.29) is 5.69 Å². The zero-order chi connectivity index (χ0) is 16.7. The van der Waals surface area contributed by atoms with Gasteiger partial charge in [-0.15, -0.1) is 0 Å². The van der Waals surface area contributed by atoms with Crippen molar-refractivity contribution in [3.8, 4) is 11.5 Å². The highest BCUT2D eigenvalue weighted by Gasteiger charge is 2.09. The maximum atomic E-state index is 10.9. The highest BCUT2D eigenvalue weighted by molar-refractivity contribution is 5.84. The van der Waals surface area contributed by atoms with Crippen molar-refractivity contribution < 1.29 is 14.4 Å². The average Bonchev–Trinajstić information content (AvgIpc) is 2.58. The molecular formula is C16H17N3O4. The third-order valence-electron chi connectivity index (χ3n) is 3.16. The normalized spacial score (nSPS) is 10.5. The number of nitrogens with one attached hydrogen (secondary N) is 1. The van der Waals surface area contributed by atoms with E-state index in [4.69, 9.17) is 9.47 Å². The van der Waals surface area contributed by atoms with Crippen LogP contribution in [0.2, 0.25) is 0 Å². The molecule has 0 saturated heterocycles. The van der Waals surface area contributed by atoms with Crippen LogP contribution < -0.4 is 14.9 Å². The molecule has 0 aliphatic carbocycles. The number of benzene rings is 2. The zero-order valence-corrected chi connectivity index (χ0v) is 12.9. The van der Waals surface area contributed by atoms with Crippen molar-refractivity contribution in [2.45, 2.75) is 6.54 Å². The van der Waals surface area contributed by atoms with Crippen LogP contribution in [-0.2, 0) is 6.54 Å². The number of hydrazone groups is 1. The van der Waals surface area contributed by atoms with E-state index < -0.39 is 4.92 Å². The molecule has 23 heavy (non-hydrogen) atoms. The molecule has 0 saturated carbocycles. The summed E-state index contributed by atoms with van der Waals surface area (Å²) in [7, 11) is 3.15. The van der Waals surface area contributed by atoms with Crippen molar-refractivity contribution in [2.24, 2.45) is 5.10 Å². The summed E-state index contributed by atoms with van der Waals surface area (Å²) in [4.78, 5) is 10.5. The molecule has 0 aromatic heterocycles. The lowest BCUT2D eigenvalue weighted by molar-refractivity contribution is -0.385. The van der Waals surface area contributed by atoms with Crippen molar-refractivity contribution in [1.29, 1.82) is 0 Å². The molecule has 0 heterocycles. The number of nitrogens with zero attached hydrogens (tertiary/aromatic N) is 2. The first kappa shape index (κ1) is 16.3. The Labute approximate surface area is 133 Å². The lowest BCUT2D eigenvalue weighted by Crippen LogP contribution is -2.06. The van der Waals surface area contributed by atoms with Crippen LogP contribution in [0.5, 0.6) is 11.5 Å². The largest absolute Gasteiger partial charge is 0.493 e. The number of nitro benzene ring substituents is 1. The van der Waals surface area contributed by atoms with Gasteiger partial charge in [0, 0.05) is 6.07 Å². The van der Waals surface area contributed by atoms with Crippen LogP contribution >= 0.6 is 0 Å². The fourth-order valence-corrected chi connectivity index (χ4v) is 2.01. The zero-order valence-electron chi connectivity index (χ0n) is 12.9. The Kier molecular flexibility index (Phi) is 5.51. The first-order valence-corrected chi connectivity index (χ1v) is 6.86. The van der Waals surface area contributed by atoms with Gasteiger partial charge in [0.2, 0.25) is 0 Å². The van der Waals surface area contributed by atoms with Crippen molar-refractivity contribution >= 4 is 11.9 Å². The minimum Gasteiger partial charge on any atom is -0.493 e. The third-order valence-corrected chi connectivity index (χ3v) is 3.16. The molecule has 2 rings (SSSR count). The van der Waals surface area contributed by atoms with E-state index >= 15 is 0 Å². The quantitative estimate of drug-likeness (QED) is 0.482. The van der Waals surface area contributed by atoms with E-state index in [1.807, 2.05) is 18.2 Å². The van der Waals surface area contributed by atoms with Gasteiger partial charge < -0.3 is 14.9 Å². The van der Waals surface area contributed by atoms with Crippen LogP contribution in [0.3, 0.4) is 0 Å². The fourth-order valence-electron chi connectivity index (χ4n) is 2.01. The second kappa shape index (κ2) is 7.79. The molecule has 0 radical (unpaired) electrons. The summed E-state index contributed by atoms with van der Waals surface area (Å²) < 4.78 is 10.4. The van der Waals surface area contributed by atoms with Crippen LogP contribution in [0, 0.1) is 10.1 Å². The number of nitro groups is 1. The Bertz CT molecular complexity index is 716. The Morgan fingerprint density at radius 1 is 1.17 bits per heavy atom. The van der Waals surface area contributed by atoms with Gasteiger partial charge in [-0.2, -0.15) is 5.10 Å². The molecular weight excluding hydrogens is 298 g/mol. The van der Waals surface area contributed by atoms with Crippen LogP contribution in [0.15, 0.2) is 47.6 Å². The number of methoxy groups -OCH3 is 2. The molecule has 0 unspecified atom stereocenters. The molecule has 7 nitrogen and oxygen atoms in total. The van der Waals surface area contributed by atoms with Crippen LogP contribution in [-0.4, -0.2) is 25.4 Å². The van der Waals surface area contributed by atoms with E-state index in [0.29, 0.717) is 23.6 Å². The average molecular weight is 315 g/mol. The number of ether oxygens (including phenoxy) is 2. The molecule has 1 N–H and O–H groups in total. The van der Waals surface area contributed by atoms with E-state index in [1.165, 1.54) is 12.3 Å². The molecule has 7 heteroatoms. The third kappa shape index (κ3) is 4.19. The number of para-hydroxylation sites is 1. The molecule has 0 spiro atoms. The number of hydrogen-bond acceptors (Lipinski definition) is 6. The van der Waals surface area contributed by atoms with Gasteiger partial charge in [0.25, 0.3) is 5.69 Å². The maximum absolute atomic E-state index is 10.9. The SMILES string of the molecule is COc1ccc(CN/N=C\c2ccccc2[N+](=O)[O-])cc1OC. The van der Waals surface area contributed by atoms with Crippen molar-refractivity contribution in [3.05, 3.63) is 63.7 Å². The van der Waals surface area contributed by atoms with Crippen LogP contribution in [0.1, 0.15) is 11.1 Å². The van der Waals surface area contributed by atoms with Gasteiger partial charge in [0.05, 0.1) is 37.5 Å². The Balaban J connectivity index is 2.01. The van der Waals surface area contributed by atoms with Gasteiger partial charge in [-0.3, -0.25) is 10.1 Å². The summed E-state index contributed by atoms with van der Waals surface area (Å²) in [6, 6.07) is 12.0. The van der Waals surface area contributed by atoms with Gasteiger partial charge >= 0.3 is 0 Å². The molecule has 0 atom stereocenters. The minimum atomic E-state index is -0.435. The predicted molar refractivity (Wildman–Crippen MR) is 87.1 cm³/mol. The van der Waals surface area contributed by atoms with Gasteiger partial charge in [0.1, 0.15) is 0 Å². The molecule has 0 aliphatic heterocycles. The van der Waals surface area contributed by atoms with E-state index in [2.05, 4.69) is 10.5 Å². The first-order valence-electron chi connectivity index (χ1n) is 6.86. The van der Waals surface area contributed by atoms with Crippen molar-refractivity contribution in [1.82, 2.24) is 5.43 Å². The topological polar surface area (TPSA) is 86.0 Å². The molecule has 0 aliphatic rings. The molecule has 120 valence electrons. The predicted octanol–water partition coefficient (Wildman–Crippen LogP) is 2.74. The summed E-state index contributed by atoms with van der Waals surface area (Å²) in [5.41, 5.74) is 4.26. The van der Waals surface area contributed by atoms with E-state index in [0.717, 1.165) is 5.56 Å². The maximum Gasteiger partial charge on any atom is 0.278 e. The van der Waals surface area contributed by atoms with Crippen LogP contribution in [0.4, 0.5) is 5.69 Å². The Morgan fingerprint density at radius 3 is 2.61 bits per heavy atom. The fraction of sp³-hybridized carbons (Fsp3) is 0.188. The standard InChI is InChI=1S/C16H17N3O4/c1-22-15-8-7-12(9-16(15)23-2)10-17-18-11-13-5-3-4-6-14(13)19(20)21/h3-9,11,17H,10H2,1-2H3/b18-11-. The van der Waals surface area contributed by atoms with E-state index in [1.54, 1.807) is 32.4 Å². The van der Waals surface area contributed by atoms with Crippen molar-refractivity contribution in [2.75, 3.05) is 14.2 Å². The summed E-state index contributed by atoms with van der Waals surface area (Å²) in [6.07, 6.45) is 1.43. The Hall–Kier alpha value is -3.09. The lowest BCUT2D eigenvalue weighted by Gasteiger charge is -2.09. The van der Waals surface area contributed by atoms with Crippen molar-refractivity contribution in [3.63, 3.8) is 0 Å². The van der Waals surface area contributed by atoms with Gasteiger partial charge in [-0.05, 0) is 23.8 Å². The molecule has 0 bridgehead atoms. The summed E-state index contributed by atoms with van der Waals surface area (Å²) >= 11 is 0. The van der Waals surface area contributed by atoms with E-state index in [9.17, 15) is 10.1 Å². The number of hydrogen-bond donors (Lipinski definition) is 1. The van der Waals surface area contributed by atoms with Gasteiger partial charge in [0.15, 0.2) is 11.5 Å². The van der Waals surface area contributed by atoms with Gasteiger partial charge in [-0.1, -0.05) is 18.2 Å².